The van der Waals surface area contributed by atoms with Gasteiger partial charge in [0.1, 0.15) is 15.7 Å². The first kappa shape index (κ1) is 30.6. The molecule has 1 saturated carbocycles. The van der Waals surface area contributed by atoms with E-state index in [1.807, 2.05) is 31.2 Å². The van der Waals surface area contributed by atoms with E-state index in [0.717, 1.165) is 61.7 Å². The third-order valence-electron chi connectivity index (χ3n) is 9.97. The van der Waals surface area contributed by atoms with Crippen molar-refractivity contribution in [2.24, 2.45) is 27.3 Å². The highest BCUT2D eigenvalue weighted by atomic mass is 35.5. The summed E-state index contributed by atoms with van der Waals surface area (Å²) in [4.78, 5) is 15.8. The van der Waals surface area contributed by atoms with Gasteiger partial charge < -0.3 is 19.1 Å². The fraction of sp³-hybridized carbons (Fsp3) is 0.545. The number of benzene rings is 2. The molecule has 0 aromatic heterocycles. The van der Waals surface area contributed by atoms with Crippen molar-refractivity contribution in [1.29, 1.82) is 0 Å². The fourth-order valence-electron chi connectivity index (χ4n) is 7.60. The highest BCUT2D eigenvalue weighted by molar-refractivity contribution is 7.91. The Bertz CT molecular complexity index is 1540. The van der Waals surface area contributed by atoms with Crippen LogP contribution in [0.2, 0.25) is 5.02 Å². The normalized spacial score (nSPS) is 35.0. The average Bonchev–Trinajstić information content (AvgIpc) is 3.10. The van der Waals surface area contributed by atoms with Crippen molar-refractivity contribution in [1.82, 2.24) is 0 Å². The van der Waals surface area contributed by atoms with Crippen LogP contribution in [0, 0.1) is 17.8 Å². The lowest BCUT2D eigenvalue weighted by atomic mass is 9.68. The number of hydrogen-bond donors (Lipinski definition) is 1. The van der Waals surface area contributed by atoms with Crippen molar-refractivity contribution < 1.29 is 23.2 Å². The van der Waals surface area contributed by atoms with Crippen molar-refractivity contribution in [2.45, 2.75) is 56.7 Å². The second kappa shape index (κ2) is 12.2. The Balaban J connectivity index is 1.45. The first-order chi connectivity index (χ1) is 20.6. The van der Waals surface area contributed by atoms with Crippen LogP contribution < -0.4 is 14.8 Å². The van der Waals surface area contributed by atoms with Gasteiger partial charge in [0.05, 0.1) is 30.3 Å². The maximum absolute atomic E-state index is 13.4. The molecule has 0 radical (unpaired) electrons. The maximum atomic E-state index is 13.4. The number of anilines is 1. The van der Waals surface area contributed by atoms with E-state index >= 15 is 0 Å². The number of carbonyl (C=O) groups excluding carboxylic acids is 1. The van der Waals surface area contributed by atoms with Crippen molar-refractivity contribution >= 4 is 33.1 Å². The standard InChI is InChI=1S/C33H42ClN3O5S/c1-21-18-43(35,39)36-32(38)23-7-11-31-28(16-23)37(17-24-6-9-26(24)30(41-3)13-12-29(21)40-2)19-33(20-42-31)14-4-5-22-15-25(34)8-10-27(22)33/h7-8,10-13,15-16,21,24,26,29-30H,4-6,9,14,17-20H2,1-3H3,(H2,35,36,38,39)/b13-12+/t21-,24+,26-,29+,30+,33+,43?/m1/s1. The van der Waals surface area contributed by atoms with E-state index in [0.29, 0.717) is 24.0 Å². The van der Waals surface area contributed by atoms with Crippen molar-refractivity contribution in [3.63, 3.8) is 0 Å². The SMILES string of the molecule is CO[C@H]1/C=C/[C@H](OC)[C@H](C)CS(N)(=O)=NC(=O)c2ccc3c(c2)N(C[C@@H]2CC[C@H]21)C[C@@]1(CCCc2cc(Cl)ccc21)CO3. The Morgan fingerprint density at radius 3 is 2.65 bits per heavy atom. The minimum absolute atomic E-state index is 0.0252. The summed E-state index contributed by atoms with van der Waals surface area (Å²) in [6.45, 7) is 3.99. The third kappa shape index (κ3) is 6.12. The molecule has 8 nitrogen and oxygen atoms in total. The lowest BCUT2D eigenvalue weighted by Crippen LogP contribution is -2.49. The molecule has 1 fully saturated rings. The minimum atomic E-state index is -3.30. The van der Waals surface area contributed by atoms with E-state index in [9.17, 15) is 9.00 Å². The lowest BCUT2D eigenvalue weighted by molar-refractivity contribution is 0.0120. The van der Waals surface area contributed by atoms with Crippen LogP contribution in [-0.2, 0) is 31.2 Å². The highest BCUT2D eigenvalue weighted by Crippen LogP contribution is 2.47. The third-order valence-corrected chi connectivity index (χ3v) is 11.7. The molecular weight excluding hydrogens is 586 g/mol. The van der Waals surface area contributed by atoms with E-state index in [2.05, 4.69) is 27.5 Å². The molecule has 6 rings (SSSR count). The van der Waals surface area contributed by atoms with Crippen LogP contribution in [0.1, 0.15) is 54.1 Å². The van der Waals surface area contributed by atoms with Crippen molar-refractivity contribution in [2.75, 3.05) is 44.6 Å². The van der Waals surface area contributed by atoms with E-state index in [4.69, 9.17) is 31.0 Å². The van der Waals surface area contributed by atoms with Gasteiger partial charge in [-0.2, -0.15) is 0 Å². The van der Waals surface area contributed by atoms with E-state index in [1.165, 1.54) is 11.1 Å². The van der Waals surface area contributed by atoms with Crippen molar-refractivity contribution in [3.8, 4) is 5.75 Å². The summed E-state index contributed by atoms with van der Waals surface area (Å²) in [7, 11) is 0.0727. The minimum Gasteiger partial charge on any atom is -0.490 e. The molecule has 1 amide bonds. The molecule has 10 heteroatoms. The van der Waals surface area contributed by atoms with E-state index < -0.39 is 15.8 Å². The summed E-state index contributed by atoms with van der Waals surface area (Å²) >= 11 is 6.41. The average molecular weight is 628 g/mol. The number of fused-ring (bicyclic) bond motifs is 4. The van der Waals surface area contributed by atoms with Crippen LogP contribution in [0.3, 0.4) is 0 Å². The summed E-state index contributed by atoms with van der Waals surface area (Å²) < 4.78 is 35.7. The molecule has 2 heterocycles. The maximum Gasteiger partial charge on any atom is 0.286 e. The van der Waals surface area contributed by atoms with Gasteiger partial charge in [-0.1, -0.05) is 36.7 Å². The summed E-state index contributed by atoms with van der Waals surface area (Å²) in [5, 5.41) is 6.90. The summed E-state index contributed by atoms with van der Waals surface area (Å²) in [6, 6.07) is 11.6. The molecule has 2 aromatic carbocycles. The molecule has 2 aliphatic carbocycles. The van der Waals surface area contributed by atoms with Crippen LogP contribution in [-0.4, -0.2) is 62.0 Å². The molecule has 1 spiro atoms. The zero-order valence-electron chi connectivity index (χ0n) is 25.2. The first-order valence-electron chi connectivity index (χ1n) is 15.2. The predicted octanol–water partition coefficient (Wildman–Crippen LogP) is 5.56. The van der Waals surface area contributed by atoms with Crippen LogP contribution in [0.5, 0.6) is 5.75 Å². The summed E-state index contributed by atoms with van der Waals surface area (Å²) in [5.74, 6) is 0.678. The number of amides is 1. The predicted molar refractivity (Wildman–Crippen MR) is 170 cm³/mol. The Morgan fingerprint density at radius 1 is 1.12 bits per heavy atom. The molecule has 0 saturated heterocycles. The molecule has 2 aliphatic heterocycles. The Labute approximate surface area is 260 Å². The van der Waals surface area contributed by atoms with Gasteiger partial charge in [-0.25, -0.2) is 9.35 Å². The smallest absolute Gasteiger partial charge is 0.286 e. The van der Waals surface area contributed by atoms with Crippen LogP contribution in [0.15, 0.2) is 52.9 Å². The fourth-order valence-corrected chi connectivity index (χ4v) is 9.20. The summed E-state index contributed by atoms with van der Waals surface area (Å²) in [5.41, 5.74) is 3.56. The van der Waals surface area contributed by atoms with Gasteiger partial charge in [0, 0.05) is 43.3 Å². The number of aryl methyl sites for hydroxylation is 1. The Kier molecular flexibility index (Phi) is 8.65. The van der Waals surface area contributed by atoms with Crippen LogP contribution >= 0.6 is 11.6 Å². The molecule has 2 bridgehead atoms. The van der Waals surface area contributed by atoms with Crippen LogP contribution in [0.4, 0.5) is 5.69 Å². The molecule has 2 N–H and O–H groups in total. The second-order valence-corrected chi connectivity index (χ2v) is 15.1. The zero-order valence-corrected chi connectivity index (χ0v) is 26.7. The Hall–Kier alpha value is -2.43. The van der Waals surface area contributed by atoms with Gasteiger partial charge in [-0.3, -0.25) is 4.79 Å². The van der Waals surface area contributed by atoms with Gasteiger partial charge in [0.2, 0.25) is 0 Å². The number of nitrogens with two attached hydrogens (primary N) is 1. The number of rotatable bonds is 2. The molecule has 232 valence electrons. The van der Waals surface area contributed by atoms with Gasteiger partial charge in [-0.05, 0) is 91.3 Å². The lowest BCUT2D eigenvalue weighted by Gasteiger charge is -2.46. The van der Waals surface area contributed by atoms with Gasteiger partial charge in [-0.15, -0.1) is 4.36 Å². The van der Waals surface area contributed by atoms with Crippen LogP contribution in [0.25, 0.3) is 0 Å². The molecule has 7 atom stereocenters. The number of methoxy groups -OCH3 is 2. The number of halogens is 1. The Morgan fingerprint density at radius 2 is 1.91 bits per heavy atom. The largest absolute Gasteiger partial charge is 0.490 e. The highest BCUT2D eigenvalue weighted by Gasteiger charge is 2.44. The number of ether oxygens (including phenoxy) is 3. The number of nitrogens with zero attached hydrogens (tertiary/aromatic N) is 2. The molecular formula is C33H42ClN3O5S. The quantitative estimate of drug-likeness (QED) is 0.438. The van der Waals surface area contributed by atoms with E-state index in [1.54, 1.807) is 20.3 Å². The van der Waals surface area contributed by atoms with E-state index in [-0.39, 0.29) is 29.3 Å². The number of carbonyl (C=O) groups is 1. The van der Waals surface area contributed by atoms with Gasteiger partial charge >= 0.3 is 0 Å². The summed E-state index contributed by atoms with van der Waals surface area (Å²) in [6.07, 6.45) is 8.85. The van der Waals surface area contributed by atoms with Gasteiger partial charge in [0.25, 0.3) is 5.91 Å². The first-order valence-corrected chi connectivity index (χ1v) is 17.4. The number of hydrogen-bond acceptors (Lipinski definition) is 6. The zero-order chi connectivity index (χ0) is 30.4. The molecule has 4 aliphatic rings. The topological polar surface area (TPSA) is 103 Å². The molecule has 43 heavy (non-hydrogen) atoms. The van der Waals surface area contributed by atoms with Gasteiger partial charge in [0.15, 0.2) is 0 Å². The molecule has 1 unspecified atom stereocenters. The molecule has 2 aromatic rings. The monoisotopic (exact) mass is 627 g/mol. The van der Waals surface area contributed by atoms with Crippen molar-refractivity contribution in [3.05, 3.63) is 70.3 Å². The second-order valence-electron chi connectivity index (χ2n) is 12.8.